The standard InChI is InChI=1S/C17H13Cl2NO5/c1-2-24-15(21)10-4-11-3-9-14(17(19)16(11)18)25-13-7-5-12(6-8-13)20(22)23/h3-10H,2H2,1H3/b10-4+. The molecule has 6 nitrogen and oxygen atoms in total. The monoisotopic (exact) mass is 381 g/mol. The lowest BCUT2D eigenvalue weighted by molar-refractivity contribution is -0.384. The summed E-state index contributed by atoms with van der Waals surface area (Å²) in [6.45, 7) is 1.99. The Morgan fingerprint density at radius 3 is 2.44 bits per heavy atom. The van der Waals surface area contributed by atoms with Crippen LogP contribution >= 0.6 is 23.2 Å². The van der Waals surface area contributed by atoms with Gasteiger partial charge in [0.25, 0.3) is 5.69 Å². The van der Waals surface area contributed by atoms with Gasteiger partial charge in [-0.1, -0.05) is 23.2 Å². The van der Waals surface area contributed by atoms with Crippen molar-refractivity contribution in [2.24, 2.45) is 0 Å². The number of hydrogen-bond acceptors (Lipinski definition) is 5. The number of carbonyl (C=O) groups excluding carboxylic acids is 1. The van der Waals surface area contributed by atoms with Crippen molar-refractivity contribution >= 4 is 40.9 Å². The minimum Gasteiger partial charge on any atom is -0.463 e. The molecule has 0 unspecified atom stereocenters. The fourth-order valence-corrected chi connectivity index (χ4v) is 2.30. The van der Waals surface area contributed by atoms with Crippen LogP contribution in [-0.2, 0) is 9.53 Å². The van der Waals surface area contributed by atoms with Crippen LogP contribution in [0.3, 0.4) is 0 Å². The van der Waals surface area contributed by atoms with Crippen molar-refractivity contribution in [1.82, 2.24) is 0 Å². The van der Waals surface area contributed by atoms with Crippen molar-refractivity contribution in [2.75, 3.05) is 6.61 Å². The number of nitro groups is 1. The van der Waals surface area contributed by atoms with Crippen molar-refractivity contribution in [3.63, 3.8) is 0 Å². The van der Waals surface area contributed by atoms with Crippen LogP contribution in [0.25, 0.3) is 6.08 Å². The van der Waals surface area contributed by atoms with Crippen LogP contribution in [0, 0.1) is 10.1 Å². The summed E-state index contributed by atoms with van der Waals surface area (Å²) in [6, 6.07) is 8.77. The highest BCUT2D eigenvalue weighted by atomic mass is 35.5. The van der Waals surface area contributed by atoms with Crippen LogP contribution in [0.4, 0.5) is 5.69 Å². The minimum absolute atomic E-state index is 0.0454. The van der Waals surface area contributed by atoms with Gasteiger partial charge < -0.3 is 9.47 Å². The van der Waals surface area contributed by atoms with Gasteiger partial charge in [0.1, 0.15) is 16.5 Å². The molecule has 130 valence electrons. The maximum atomic E-state index is 11.3. The normalized spacial score (nSPS) is 10.7. The van der Waals surface area contributed by atoms with Gasteiger partial charge in [-0.05, 0) is 42.8 Å². The van der Waals surface area contributed by atoms with Gasteiger partial charge in [0.15, 0.2) is 0 Å². The number of ether oxygens (including phenoxy) is 2. The summed E-state index contributed by atoms with van der Waals surface area (Å²) < 4.78 is 10.4. The van der Waals surface area contributed by atoms with Gasteiger partial charge >= 0.3 is 5.97 Å². The second-order valence-corrected chi connectivity index (χ2v) is 5.48. The predicted octanol–water partition coefficient (Wildman–Crippen LogP) is 5.27. The first-order valence-corrected chi connectivity index (χ1v) is 7.93. The Labute approximate surface area is 153 Å². The molecular formula is C17H13Cl2NO5. The number of nitrogens with zero attached hydrogens (tertiary/aromatic N) is 1. The molecule has 0 heterocycles. The van der Waals surface area contributed by atoms with Crippen LogP contribution in [0.1, 0.15) is 12.5 Å². The van der Waals surface area contributed by atoms with Gasteiger partial charge in [-0.3, -0.25) is 10.1 Å². The lowest BCUT2D eigenvalue weighted by Gasteiger charge is -2.10. The highest BCUT2D eigenvalue weighted by Crippen LogP contribution is 2.37. The van der Waals surface area contributed by atoms with E-state index in [0.29, 0.717) is 11.3 Å². The van der Waals surface area contributed by atoms with Crippen molar-refractivity contribution in [1.29, 1.82) is 0 Å². The van der Waals surface area contributed by atoms with Crippen LogP contribution in [-0.4, -0.2) is 17.5 Å². The molecule has 2 rings (SSSR count). The van der Waals surface area contributed by atoms with Crippen LogP contribution < -0.4 is 4.74 Å². The van der Waals surface area contributed by atoms with Crippen LogP contribution in [0.5, 0.6) is 11.5 Å². The molecule has 0 N–H and O–H groups in total. The van der Waals surface area contributed by atoms with Gasteiger partial charge in [-0.15, -0.1) is 0 Å². The predicted molar refractivity (Wildman–Crippen MR) is 95.3 cm³/mol. The molecule has 25 heavy (non-hydrogen) atoms. The van der Waals surface area contributed by atoms with Gasteiger partial charge in [0.05, 0.1) is 16.6 Å². The third-order valence-electron chi connectivity index (χ3n) is 3.04. The van der Waals surface area contributed by atoms with Gasteiger partial charge in [0, 0.05) is 18.2 Å². The zero-order valence-corrected chi connectivity index (χ0v) is 14.6. The third kappa shape index (κ3) is 4.95. The number of carbonyl (C=O) groups is 1. The Morgan fingerprint density at radius 1 is 1.16 bits per heavy atom. The maximum absolute atomic E-state index is 11.3. The first-order chi connectivity index (χ1) is 11.9. The lowest BCUT2D eigenvalue weighted by atomic mass is 10.2. The topological polar surface area (TPSA) is 78.7 Å². The molecule has 0 atom stereocenters. The van der Waals surface area contributed by atoms with E-state index >= 15 is 0 Å². The first kappa shape index (κ1) is 18.8. The van der Waals surface area contributed by atoms with E-state index < -0.39 is 10.9 Å². The van der Waals surface area contributed by atoms with Gasteiger partial charge in [-0.25, -0.2) is 4.79 Å². The maximum Gasteiger partial charge on any atom is 0.330 e. The highest BCUT2D eigenvalue weighted by Gasteiger charge is 2.12. The molecular weight excluding hydrogens is 369 g/mol. The summed E-state index contributed by atoms with van der Waals surface area (Å²) in [6.07, 6.45) is 2.74. The van der Waals surface area contributed by atoms with E-state index in [9.17, 15) is 14.9 Å². The Kier molecular flexibility index (Phi) is 6.38. The summed E-state index contributed by atoms with van der Waals surface area (Å²) in [7, 11) is 0. The number of benzene rings is 2. The average Bonchev–Trinajstić information content (AvgIpc) is 2.59. The molecule has 2 aromatic rings. The van der Waals surface area contributed by atoms with Crippen molar-refractivity contribution in [3.05, 3.63) is 68.2 Å². The summed E-state index contributed by atoms with van der Waals surface area (Å²) in [5.41, 5.74) is 0.478. The molecule has 0 saturated heterocycles. The van der Waals surface area contributed by atoms with E-state index in [1.807, 2.05) is 0 Å². The Morgan fingerprint density at radius 2 is 1.84 bits per heavy atom. The number of non-ortho nitro benzene ring substituents is 1. The van der Waals surface area contributed by atoms with E-state index in [-0.39, 0.29) is 28.1 Å². The number of rotatable bonds is 6. The summed E-state index contributed by atoms with van der Waals surface area (Å²) in [5, 5.41) is 11.0. The number of halogens is 2. The van der Waals surface area contributed by atoms with Gasteiger partial charge in [0.2, 0.25) is 0 Å². The molecule has 0 aliphatic carbocycles. The summed E-state index contributed by atoms with van der Waals surface area (Å²) in [4.78, 5) is 21.5. The Balaban J connectivity index is 2.19. The van der Waals surface area contributed by atoms with Gasteiger partial charge in [-0.2, -0.15) is 0 Å². The Bertz CT molecular complexity index is 819. The second kappa shape index (κ2) is 8.50. The van der Waals surface area contributed by atoms with Crippen molar-refractivity contribution < 1.29 is 19.2 Å². The molecule has 0 saturated carbocycles. The van der Waals surface area contributed by atoms with E-state index in [2.05, 4.69) is 0 Å². The number of esters is 1. The van der Waals surface area contributed by atoms with Crippen molar-refractivity contribution in [3.8, 4) is 11.5 Å². The zero-order valence-electron chi connectivity index (χ0n) is 13.1. The smallest absolute Gasteiger partial charge is 0.330 e. The second-order valence-electron chi connectivity index (χ2n) is 4.72. The fourth-order valence-electron chi connectivity index (χ4n) is 1.87. The SMILES string of the molecule is CCOC(=O)/C=C/c1ccc(Oc2ccc([N+](=O)[O-])cc2)c(Cl)c1Cl. The molecule has 0 bridgehead atoms. The van der Waals surface area contributed by atoms with Crippen LogP contribution in [0.15, 0.2) is 42.5 Å². The minimum atomic E-state index is -0.502. The molecule has 0 aliphatic rings. The number of nitro benzene ring substituents is 1. The molecule has 0 radical (unpaired) electrons. The van der Waals surface area contributed by atoms with Crippen molar-refractivity contribution in [2.45, 2.75) is 6.92 Å². The van der Waals surface area contributed by atoms with E-state index in [4.69, 9.17) is 32.7 Å². The molecule has 0 spiro atoms. The molecule has 0 fully saturated rings. The highest BCUT2D eigenvalue weighted by molar-refractivity contribution is 6.43. The molecule has 2 aromatic carbocycles. The largest absolute Gasteiger partial charge is 0.463 e. The van der Waals surface area contributed by atoms with E-state index in [1.165, 1.54) is 36.4 Å². The Hall–Kier alpha value is -2.57. The summed E-state index contributed by atoms with van der Waals surface area (Å²) in [5.74, 6) is 0.174. The first-order valence-electron chi connectivity index (χ1n) is 7.17. The van der Waals surface area contributed by atoms with E-state index in [1.54, 1.807) is 19.1 Å². The van der Waals surface area contributed by atoms with Crippen LogP contribution in [0.2, 0.25) is 10.0 Å². The fraction of sp³-hybridized carbons (Fsp3) is 0.118. The quantitative estimate of drug-likeness (QED) is 0.294. The molecule has 0 aliphatic heterocycles. The third-order valence-corrected chi connectivity index (χ3v) is 3.92. The zero-order chi connectivity index (χ0) is 18.4. The molecule has 8 heteroatoms. The molecule has 0 amide bonds. The molecule has 0 aromatic heterocycles. The van der Waals surface area contributed by atoms with E-state index in [0.717, 1.165) is 0 Å². The number of hydrogen-bond donors (Lipinski definition) is 0. The average molecular weight is 382 g/mol. The summed E-state index contributed by atoms with van der Waals surface area (Å²) >= 11 is 12.4. The lowest BCUT2D eigenvalue weighted by Crippen LogP contribution is -1.98.